The van der Waals surface area contributed by atoms with Gasteiger partial charge in [-0.3, -0.25) is 0 Å². The lowest BCUT2D eigenvalue weighted by atomic mass is 10.3. The molecule has 1 fully saturated rings. The van der Waals surface area contributed by atoms with E-state index < -0.39 is 0 Å². The van der Waals surface area contributed by atoms with Crippen LogP contribution < -0.4 is 5.32 Å². The minimum absolute atomic E-state index is 0.0209. The molecule has 0 spiro atoms. The molecule has 2 heterocycles. The minimum Gasteiger partial charge on any atom is -0.350 e. The van der Waals surface area contributed by atoms with Crippen LogP contribution in [-0.2, 0) is 0 Å². The Hall–Kier alpha value is -1.50. The Morgan fingerprint density at radius 2 is 2.24 bits per heavy atom. The molecule has 7 heteroatoms. The summed E-state index contributed by atoms with van der Waals surface area (Å²) >= 11 is 1.39. The van der Waals surface area contributed by atoms with Gasteiger partial charge >= 0.3 is 0 Å². The molecule has 1 saturated carbocycles. The fraction of sp³-hybridized carbons (Fsp3) is 0.600. The van der Waals surface area contributed by atoms with Crippen molar-refractivity contribution in [3.8, 4) is 0 Å². The van der Waals surface area contributed by atoms with Crippen molar-refractivity contribution in [2.45, 2.75) is 38.6 Å². The largest absolute Gasteiger partial charge is 0.350 e. The second kappa shape index (κ2) is 4.06. The van der Waals surface area contributed by atoms with E-state index in [1.54, 1.807) is 6.92 Å². The summed E-state index contributed by atoms with van der Waals surface area (Å²) in [5, 5.41) is 7.93. The Morgan fingerprint density at radius 1 is 1.41 bits per heavy atom. The van der Waals surface area contributed by atoms with E-state index in [2.05, 4.69) is 24.8 Å². The maximum Gasteiger partial charge on any atom is 0.223 e. The number of anilines is 1. The summed E-state index contributed by atoms with van der Waals surface area (Å²) in [6, 6.07) is -0.0209. The van der Waals surface area contributed by atoms with Gasteiger partial charge in [-0.1, -0.05) is 5.16 Å². The molecular formula is C10H13N5OS. The molecule has 0 saturated heterocycles. The van der Waals surface area contributed by atoms with Gasteiger partial charge in [-0.25, -0.2) is 4.98 Å². The zero-order valence-corrected chi connectivity index (χ0v) is 10.5. The number of nitrogens with one attached hydrogen (secondary N) is 1. The highest BCUT2D eigenvalue weighted by molar-refractivity contribution is 7.09. The van der Waals surface area contributed by atoms with Crippen LogP contribution >= 0.6 is 11.5 Å². The second-order valence-electron chi connectivity index (χ2n) is 4.27. The van der Waals surface area contributed by atoms with Crippen molar-refractivity contribution >= 4 is 16.7 Å². The molecule has 0 amide bonds. The van der Waals surface area contributed by atoms with Crippen LogP contribution in [0.3, 0.4) is 0 Å². The molecule has 1 N–H and O–H groups in total. The van der Waals surface area contributed by atoms with Crippen LogP contribution in [0.4, 0.5) is 5.13 Å². The van der Waals surface area contributed by atoms with Gasteiger partial charge in [0.1, 0.15) is 5.82 Å². The topological polar surface area (TPSA) is 76.7 Å². The number of hydrogen-bond donors (Lipinski definition) is 1. The van der Waals surface area contributed by atoms with Gasteiger partial charge in [-0.2, -0.15) is 9.36 Å². The number of hydrogen-bond acceptors (Lipinski definition) is 7. The molecule has 2 aromatic heterocycles. The van der Waals surface area contributed by atoms with Gasteiger partial charge in [0.15, 0.2) is 5.82 Å². The monoisotopic (exact) mass is 251 g/mol. The molecule has 17 heavy (non-hydrogen) atoms. The van der Waals surface area contributed by atoms with E-state index in [0.29, 0.717) is 17.6 Å². The quantitative estimate of drug-likeness (QED) is 0.898. The zero-order valence-electron chi connectivity index (χ0n) is 9.67. The number of rotatable bonds is 4. The molecule has 90 valence electrons. The van der Waals surface area contributed by atoms with Crippen molar-refractivity contribution in [2.75, 3.05) is 5.32 Å². The SMILES string of the molecule is Cc1nc([C@H](C)Nc2nc(C3CC3)ns2)no1. The molecule has 0 bridgehead atoms. The van der Waals surface area contributed by atoms with Crippen molar-refractivity contribution in [3.63, 3.8) is 0 Å². The van der Waals surface area contributed by atoms with Gasteiger partial charge in [-0.15, -0.1) is 0 Å². The fourth-order valence-corrected chi connectivity index (χ4v) is 2.28. The smallest absolute Gasteiger partial charge is 0.223 e. The van der Waals surface area contributed by atoms with E-state index >= 15 is 0 Å². The standard InChI is InChI=1S/C10H13N5OS/c1-5(8-12-6(2)16-14-8)11-10-13-9(15-17-10)7-3-4-7/h5,7H,3-4H2,1-2H3,(H,11,13,15)/t5-/m0/s1. The average molecular weight is 251 g/mol. The normalized spacial score (nSPS) is 17.1. The lowest BCUT2D eigenvalue weighted by Crippen LogP contribution is -2.08. The summed E-state index contributed by atoms with van der Waals surface area (Å²) in [5.41, 5.74) is 0. The van der Waals surface area contributed by atoms with Crippen LogP contribution in [0.5, 0.6) is 0 Å². The lowest BCUT2D eigenvalue weighted by Gasteiger charge is -2.06. The Bertz CT molecular complexity index is 518. The molecule has 1 atom stereocenters. The van der Waals surface area contributed by atoms with E-state index in [-0.39, 0.29) is 6.04 Å². The van der Waals surface area contributed by atoms with Gasteiger partial charge < -0.3 is 9.84 Å². The predicted molar refractivity (Wildman–Crippen MR) is 63.0 cm³/mol. The lowest BCUT2D eigenvalue weighted by molar-refractivity contribution is 0.385. The van der Waals surface area contributed by atoms with Crippen molar-refractivity contribution < 1.29 is 4.52 Å². The first-order chi connectivity index (χ1) is 8.22. The highest BCUT2D eigenvalue weighted by atomic mass is 32.1. The summed E-state index contributed by atoms with van der Waals surface area (Å²) in [7, 11) is 0. The van der Waals surface area contributed by atoms with Crippen LogP contribution in [0, 0.1) is 6.92 Å². The molecular weight excluding hydrogens is 238 g/mol. The van der Waals surface area contributed by atoms with Crippen molar-refractivity contribution in [3.05, 3.63) is 17.5 Å². The van der Waals surface area contributed by atoms with Crippen LogP contribution in [0.2, 0.25) is 0 Å². The predicted octanol–water partition coefficient (Wildman–Crippen LogP) is 2.28. The van der Waals surface area contributed by atoms with Crippen molar-refractivity contribution in [1.82, 2.24) is 19.5 Å². The van der Waals surface area contributed by atoms with Gasteiger partial charge in [0.25, 0.3) is 0 Å². The van der Waals surface area contributed by atoms with Crippen molar-refractivity contribution in [2.24, 2.45) is 0 Å². The van der Waals surface area contributed by atoms with Crippen LogP contribution in [0.1, 0.15) is 49.3 Å². The van der Waals surface area contributed by atoms with E-state index in [4.69, 9.17) is 4.52 Å². The maximum absolute atomic E-state index is 4.94. The Morgan fingerprint density at radius 3 is 2.88 bits per heavy atom. The highest BCUT2D eigenvalue weighted by Crippen LogP contribution is 2.39. The van der Waals surface area contributed by atoms with E-state index in [1.165, 1.54) is 24.4 Å². The Labute approximate surface area is 103 Å². The van der Waals surface area contributed by atoms with E-state index in [0.717, 1.165) is 11.0 Å². The first kappa shape index (κ1) is 10.6. The summed E-state index contributed by atoms with van der Waals surface area (Å²) in [6.45, 7) is 3.75. The van der Waals surface area contributed by atoms with Gasteiger partial charge in [0.2, 0.25) is 11.0 Å². The second-order valence-corrected chi connectivity index (χ2v) is 5.02. The summed E-state index contributed by atoms with van der Waals surface area (Å²) in [4.78, 5) is 8.63. The molecule has 0 unspecified atom stereocenters. The molecule has 1 aliphatic rings. The highest BCUT2D eigenvalue weighted by Gasteiger charge is 2.28. The third-order valence-corrected chi connectivity index (χ3v) is 3.32. The van der Waals surface area contributed by atoms with Crippen LogP contribution in [-0.4, -0.2) is 19.5 Å². The first-order valence-corrected chi connectivity index (χ1v) is 6.40. The first-order valence-electron chi connectivity index (χ1n) is 5.62. The molecule has 2 aromatic rings. The zero-order chi connectivity index (χ0) is 11.8. The molecule has 3 rings (SSSR count). The van der Waals surface area contributed by atoms with Gasteiger partial charge in [0, 0.05) is 24.4 Å². The Kier molecular flexibility index (Phi) is 2.54. The third kappa shape index (κ3) is 2.28. The summed E-state index contributed by atoms with van der Waals surface area (Å²) in [6.07, 6.45) is 2.44. The van der Waals surface area contributed by atoms with Gasteiger partial charge in [0.05, 0.1) is 6.04 Å². The Balaban J connectivity index is 1.68. The third-order valence-electron chi connectivity index (χ3n) is 2.65. The van der Waals surface area contributed by atoms with E-state index in [1.807, 2.05) is 6.92 Å². The van der Waals surface area contributed by atoms with Crippen molar-refractivity contribution in [1.29, 1.82) is 0 Å². The molecule has 0 radical (unpaired) electrons. The number of aromatic nitrogens is 4. The summed E-state index contributed by atoms with van der Waals surface area (Å²) in [5.74, 6) is 2.77. The van der Waals surface area contributed by atoms with E-state index in [9.17, 15) is 0 Å². The fourth-order valence-electron chi connectivity index (χ4n) is 1.54. The molecule has 0 aromatic carbocycles. The number of aryl methyl sites for hydroxylation is 1. The molecule has 0 aliphatic heterocycles. The maximum atomic E-state index is 4.94. The van der Waals surface area contributed by atoms with Gasteiger partial charge in [-0.05, 0) is 19.8 Å². The average Bonchev–Trinajstić information content (AvgIpc) is 2.90. The summed E-state index contributed by atoms with van der Waals surface area (Å²) < 4.78 is 9.28. The minimum atomic E-state index is -0.0209. The van der Waals surface area contributed by atoms with Crippen LogP contribution in [0.15, 0.2) is 4.52 Å². The molecule has 6 nitrogen and oxygen atoms in total. The molecule has 1 aliphatic carbocycles. The van der Waals surface area contributed by atoms with Crippen LogP contribution in [0.25, 0.3) is 0 Å². The number of nitrogens with zero attached hydrogens (tertiary/aromatic N) is 4.